The first-order valence-corrected chi connectivity index (χ1v) is 11.2. The average Bonchev–Trinajstić information content (AvgIpc) is 2.69. The third-order valence-electron chi connectivity index (χ3n) is 5.73. The van der Waals surface area contributed by atoms with Gasteiger partial charge in [0.15, 0.2) is 17.4 Å². The van der Waals surface area contributed by atoms with Crippen LogP contribution < -0.4 is 4.74 Å². The van der Waals surface area contributed by atoms with Gasteiger partial charge in [0.05, 0.1) is 0 Å². The predicted molar refractivity (Wildman–Crippen MR) is 105 cm³/mol. The summed E-state index contributed by atoms with van der Waals surface area (Å²) in [7, 11) is 2.70. The van der Waals surface area contributed by atoms with Crippen LogP contribution in [-0.4, -0.2) is 24.6 Å². The van der Waals surface area contributed by atoms with E-state index in [9.17, 15) is 35.1 Å². The maximum atomic E-state index is 14.2. The normalized spacial score (nSPS) is 21.2. The molecule has 1 aliphatic carbocycles. The van der Waals surface area contributed by atoms with Crippen molar-refractivity contribution in [2.45, 2.75) is 82.2 Å². The lowest BCUT2D eigenvalue weighted by molar-refractivity contribution is -0.306. The Hall–Kier alpha value is -1.11. The quantitative estimate of drug-likeness (QED) is 0.189. The van der Waals surface area contributed by atoms with Crippen LogP contribution in [0.5, 0.6) is 5.75 Å². The summed E-state index contributed by atoms with van der Waals surface area (Å²) < 4.78 is 108. The second kappa shape index (κ2) is 11.2. The highest BCUT2D eigenvalue weighted by Crippen LogP contribution is 2.41. The number of unbranched alkanes of at least 4 members (excludes halogenated alkanes) is 3. The van der Waals surface area contributed by atoms with E-state index in [1.165, 1.54) is 19.3 Å². The fourth-order valence-electron chi connectivity index (χ4n) is 4.01. The van der Waals surface area contributed by atoms with Crippen molar-refractivity contribution in [2.75, 3.05) is 6.16 Å². The third kappa shape index (κ3) is 7.47. The van der Waals surface area contributed by atoms with E-state index in [4.69, 9.17) is 0 Å². The lowest BCUT2D eigenvalue weighted by Crippen LogP contribution is -2.46. The van der Waals surface area contributed by atoms with Gasteiger partial charge in [0.2, 0.25) is 0 Å². The van der Waals surface area contributed by atoms with Crippen LogP contribution in [0.1, 0.15) is 69.3 Å². The topological polar surface area (TPSA) is 9.23 Å². The SMILES string of the molecule is Fc1cc(C2CCC(CCCCCCP)CC2)cc(F)c1OC(F)(F)C(F)C(F)(F)F. The van der Waals surface area contributed by atoms with Crippen molar-refractivity contribution in [2.24, 2.45) is 5.92 Å². The van der Waals surface area contributed by atoms with Crippen LogP contribution in [0.15, 0.2) is 12.1 Å². The molecule has 1 aromatic carbocycles. The summed E-state index contributed by atoms with van der Waals surface area (Å²) in [6.07, 6.45) is -6.14. The lowest BCUT2D eigenvalue weighted by atomic mass is 9.77. The van der Waals surface area contributed by atoms with Gasteiger partial charge in [-0.1, -0.05) is 25.7 Å². The number of halogens is 8. The molecule has 2 atom stereocenters. The highest BCUT2D eigenvalue weighted by Gasteiger charge is 2.59. The van der Waals surface area contributed by atoms with Crippen LogP contribution in [-0.2, 0) is 0 Å². The van der Waals surface area contributed by atoms with Gasteiger partial charge >= 0.3 is 12.3 Å². The molecule has 10 heteroatoms. The fraction of sp³-hybridized carbons (Fsp3) is 0.714. The van der Waals surface area contributed by atoms with E-state index < -0.39 is 35.8 Å². The first-order chi connectivity index (χ1) is 14.5. The van der Waals surface area contributed by atoms with E-state index >= 15 is 0 Å². The van der Waals surface area contributed by atoms with Gasteiger partial charge < -0.3 is 4.74 Å². The van der Waals surface area contributed by atoms with E-state index in [0.29, 0.717) is 18.8 Å². The highest BCUT2D eigenvalue weighted by molar-refractivity contribution is 7.16. The molecule has 0 N–H and O–H groups in total. The third-order valence-corrected chi connectivity index (χ3v) is 6.13. The maximum Gasteiger partial charge on any atom is 0.439 e. The van der Waals surface area contributed by atoms with Crippen molar-refractivity contribution >= 4 is 9.24 Å². The monoisotopic (exact) mass is 478 g/mol. The van der Waals surface area contributed by atoms with E-state index in [2.05, 4.69) is 14.0 Å². The summed E-state index contributed by atoms with van der Waals surface area (Å²) in [6, 6.07) is 1.56. The molecule has 2 rings (SSSR count). The number of ether oxygens (including phenoxy) is 1. The van der Waals surface area contributed by atoms with Crippen molar-refractivity contribution in [1.29, 1.82) is 0 Å². The van der Waals surface area contributed by atoms with Crippen molar-refractivity contribution in [1.82, 2.24) is 0 Å². The Balaban J connectivity index is 1.97. The minimum atomic E-state index is -5.94. The maximum absolute atomic E-state index is 14.2. The summed E-state index contributed by atoms with van der Waals surface area (Å²) in [6.45, 7) is 0. The number of benzene rings is 1. The van der Waals surface area contributed by atoms with E-state index in [-0.39, 0.29) is 11.5 Å². The Kier molecular flexibility index (Phi) is 9.41. The summed E-state index contributed by atoms with van der Waals surface area (Å²) in [5, 5.41) is 0. The molecule has 178 valence electrons. The molecule has 2 unspecified atom stereocenters. The van der Waals surface area contributed by atoms with Crippen LogP contribution in [0.3, 0.4) is 0 Å². The first kappa shape index (κ1) is 26.1. The second-order valence-electron chi connectivity index (χ2n) is 8.09. The molecule has 0 aromatic heterocycles. The van der Waals surface area contributed by atoms with Crippen molar-refractivity contribution in [3.8, 4) is 5.75 Å². The van der Waals surface area contributed by atoms with Gasteiger partial charge in [0, 0.05) is 0 Å². The standard InChI is InChI=1S/C21H27F8OP/c22-16-11-15(14-8-6-13(7-9-14)5-3-1-2-4-10-31)12-17(23)18(16)30-21(28,29)19(24)20(25,26)27/h11-14,19H,1-10,31H2. The smallest absolute Gasteiger partial charge is 0.424 e. The van der Waals surface area contributed by atoms with Gasteiger partial charge in [-0.25, -0.2) is 13.2 Å². The molecule has 0 amide bonds. The molecule has 0 bridgehead atoms. The molecular formula is C21H27F8OP. The fourth-order valence-corrected chi connectivity index (χ4v) is 4.30. The molecule has 0 spiro atoms. The van der Waals surface area contributed by atoms with Gasteiger partial charge in [-0.15, -0.1) is 9.24 Å². The summed E-state index contributed by atoms with van der Waals surface area (Å²) in [5.41, 5.74) is 0.234. The number of alkyl halides is 6. The zero-order valence-electron chi connectivity index (χ0n) is 17.0. The molecule has 31 heavy (non-hydrogen) atoms. The van der Waals surface area contributed by atoms with Crippen molar-refractivity contribution in [3.05, 3.63) is 29.3 Å². The van der Waals surface area contributed by atoms with Gasteiger partial charge in [-0.3, -0.25) is 0 Å². The molecule has 0 heterocycles. The lowest BCUT2D eigenvalue weighted by Gasteiger charge is -2.29. The average molecular weight is 478 g/mol. The van der Waals surface area contributed by atoms with Gasteiger partial charge in [0.25, 0.3) is 6.17 Å². The Morgan fingerprint density at radius 2 is 1.45 bits per heavy atom. The van der Waals surface area contributed by atoms with E-state index in [1.807, 2.05) is 0 Å². The number of hydrogen-bond donors (Lipinski definition) is 0. The molecule has 0 aliphatic heterocycles. The Labute approximate surface area is 179 Å². The molecule has 1 nitrogen and oxygen atoms in total. The summed E-state index contributed by atoms with van der Waals surface area (Å²) in [4.78, 5) is 0. The van der Waals surface area contributed by atoms with E-state index in [0.717, 1.165) is 44.0 Å². The molecule has 1 fully saturated rings. The first-order valence-electron chi connectivity index (χ1n) is 10.4. The van der Waals surface area contributed by atoms with Crippen LogP contribution >= 0.6 is 9.24 Å². The highest BCUT2D eigenvalue weighted by atomic mass is 31.0. The largest absolute Gasteiger partial charge is 0.439 e. The van der Waals surface area contributed by atoms with Crippen LogP contribution in [0.25, 0.3) is 0 Å². The molecule has 0 saturated heterocycles. The van der Waals surface area contributed by atoms with E-state index in [1.54, 1.807) is 0 Å². The Morgan fingerprint density at radius 1 is 0.903 bits per heavy atom. The Bertz CT molecular complexity index is 678. The van der Waals surface area contributed by atoms with Gasteiger partial charge in [-0.2, -0.15) is 22.0 Å². The second-order valence-corrected chi connectivity index (χ2v) is 8.67. The van der Waals surface area contributed by atoms with Crippen molar-refractivity contribution in [3.63, 3.8) is 0 Å². The molecule has 0 radical (unpaired) electrons. The predicted octanol–water partition coefficient (Wildman–Crippen LogP) is 7.94. The molecule has 1 saturated carbocycles. The minimum absolute atomic E-state index is 0.184. The number of hydrogen-bond acceptors (Lipinski definition) is 1. The van der Waals surface area contributed by atoms with Crippen LogP contribution in [0, 0.1) is 17.6 Å². The zero-order chi connectivity index (χ0) is 23.2. The molecular weight excluding hydrogens is 451 g/mol. The van der Waals surface area contributed by atoms with Gasteiger partial charge in [-0.05, 0) is 67.8 Å². The Morgan fingerprint density at radius 3 is 1.97 bits per heavy atom. The van der Waals surface area contributed by atoms with Crippen molar-refractivity contribution < 1.29 is 39.9 Å². The zero-order valence-corrected chi connectivity index (χ0v) is 18.1. The molecule has 1 aliphatic rings. The number of rotatable bonds is 10. The van der Waals surface area contributed by atoms with Crippen LogP contribution in [0.2, 0.25) is 0 Å². The molecule has 1 aromatic rings. The summed E-state index contributed by atoms with van der Waals surface area (Å²) in [5.74, 6) is -4.54. The van der Waals surface area contributed by atoms with Crippen LogP contribution in [0.4, 0.5) is 35.1 Å². The summed E-state index contributed by atoms with van der Waals surface area (Å²) >= 11 is 0. The van der Waals surface area contributed by atoms with Gasteiger partial charge in [0.1, 0.15) is 0 Å². The minimum Gasteiger partial charge on any atom is -0.424 e.